The van der Waals surface area contributed by atoms with Gasteiger partial charge in [0.15, 0.2) is 0 Å². The van der Waals surface area contributed by atoms with Crippen molar-refractivity contribution in [2.45, 2.75) is 39.2 Å². The van der Waals surface area contributed by atoms with Gasteiger partial charge in [-0.05, 0) is 44.2 Å². The summed E-state index contributed by atoms with van der Waals surface area (Å²) in [7, 11) is 0. The molecule has 1 aromatic rings. The van der Waals surface area contributed by atoms with Gasteiger partial charge in [-0.1, -0.05) is 6.07 Å². The van der Waals surface area contributed by atoms with Crippen molar-refractivity contribution in [2.75, 3.05) is 32.8 Å². The Hall–Kier alpha value is -1.95. The first-order valence-corrected chi connectivity index (χ1v) is 9.18. The zero-order valence-corrected chi connectivity index (χ0v) is 14.9. The number of rotatable bonds is 5. The predicted molar refractivity (Wildman–Crippen MR) is 93.6 cm³/mol. The van der Waals surface area contributed by atoms with E-state index in [1.54, 1.807) is 6.20 Å². The smallest absolute Gasteiger partial charge is 0.248 e. The molecule has 0 aliphatic carbocycles. The Bertz CT molecular complexity index is 607. The Labute approximate surface area is 149 Å². The van der Waals surface area contributed by atoms with Crippen molar-refractivity contribution < 1.29 is 14.3 Å². The van der Waals surface area contributed by atoms with E-state index >= 15 is 0 Å². The fraction of sp³-hybridized carbons (Fsp3) is 0.632. The second-order valence-electron chi connectivity index (χ2n) is 6.99. The van der Waals surface area contributed by atoms with Crippen LogP contribution in [-0.4, -0.2) is 59.4 Å². The maximum Gasteiger partial charge on any atom is 0.248 e. The van der Waals surface area contributed by atoms with E-state index in [1.165, 1.54) is 0 Å². The van der Waals surface area contributed by atoms with E-state index < -0.39 is 0 Å². The van der Waals surface area contributed by atoms with Crippen LogP contribution in [0.2, 0.25) is 0 Å². The van der Waals surface area contributed by atoms with E-state index in [1.807, 2.05) is 35.1 Å². The molecule has 0 radical (unpaired) electrons. The Morgan fingerprint density at radius 3 is 2.88 bits per heavy atom. The van der Waals surface area contributed by atoms with Gasteiger partial charge in [-0.2, -0.15) is 0 Å². The molecule has 1 atom stereocenters. The quantitative estimate of drug-likeness (QED) is 0.817. The molecule has 2 fully saturated rings. The number of carbonyl (C=O) groups excluding carboxylic acids is 2. The molecule has 0 saturated carbocycles. The number of nitrogens with zero attached hydrogens (tertiary/aromatic N) is 3. The van der Waals surface area contributed by atoms with Crippen LogP contribution in [-0.2, 0) is 20.9 Å². The Morgan fingerprint density at radius 2 is 2.12 bits per heavy atom. The summed E-state index contributed by atoms with van der Waals surface area (Å²) in [6, 6.07) is 3.91. The minimum Gasteiger partial charge on any atom is -0.372 e. The van der Waals surface area contributed by atoms with Crippen molar-refractivity contribution in [1.82, 2.24) is 14.8 Å². The Morgan fingerprint density at radius 1 is 1.28 bits per heavy atom. The van der Waals surface area contributed by atoms with Crippen LogP contribution >= 0.6 is 0 Å². The van der Waals surface area contributed by atoms with Gasteiger partial charge < -0.3 is 14.5 Å². The van der Waals surface area contributed by atoms with Crippen molar-refractivity contribution in [2.24, 2.45) is 5.41 Å². The molecule has 0 bridgehead atoms. The average molecular weight is 345 g/mol. The van der Waals surface area contributed by atoms with Gasteiger partial charge >= 0.3 is 0 Å². The predicted octanol–water partition coefficient (Wildman–Crippen LogP) is 1.85. The molecule has 1 spiro atoms. The third-order valence-electron chi connectivity index (χ3n) is 5.42. The summed E-state index contributed by atoms with van der Waals surface area (Å²) in [6.45, 7) is 5.37. The molecule has 6 nitrogen and oxygen atoms in total. The first kappa shape index (κ1) is 17.9. The number of pyridine rings is 1. The molecule has 2 aliphatic rings. The van der Waals surface area contributed by atoms with Crippen LogP contribution in [0.5, 0.6) is 0 Å². The number of hydrogen-bond donors (Lipinski definition) is 0. The van der Waals surface area contributed by atoms with Crippen molar-refractivity contribution in [1.29, 1.82) is 0 Å². The minimum atomic E-state index is -0.289. The topological polar surface area (TPSA) is 62.7 Å². The van der Waals surface area contributed by atoms with E-state index in [2.05, 4.69) is 4.98 Å². The van der Waals surface area contributed by atoms with E-state index in [0.29, 0.717) is 19.7 Å². The van der Waals surface area contributed by atoms with Crippen LogP contribution in [0.4, 0.5) is 0 Å². The second-order valence-corrected chi connectivity index (χ2v) is 6.99. The lowest BCUT2D eigenvalue weighted by molar-refractivity contribution is -0.139. The van der Waals surface area contributed by atoms with Crippen LogP contribution in [0, 0.1) is 5.41 Å². The normalized spacial score (nSPS) is 24.0. The molecule has 1 aromatic heterocycles. The molecule has 2 saturated heterocycles. The molecule has 136 valence electrons. The molecular formula is C19H27N3O3. The number of hydrogen-bond acceptors (Lipinski definition) is 4. The fourth-order valence-corrected chi connectivity index (χ4v) is 3.94. The lowest BCUT2D eigenvalue weighted by atomic mass is 9.79. The van der Waals surface area contributed by atoms with Gasteiger partial charge in [0.25, 0.3) is 0 Å². The molecule has 3 heterocycles. The average Bonchev–Trinajstić information content (AvgIpc) is 2.82. The van der Waals surface area contributed by atoms with Gasteiger partial charge in [0.2, 0.25) is 11.8 Å². The highest BCUT2D eigenvalue weighted by molar-refractivity contribution is 5.85. The van der Waals surface area contributed by atoms with Gasteiger partial charge in [0.1, 0.15) is 6.61 Å². The molecule has 0 aromatic carbocycles. The second kappa shape index (κ2) is 7.95. The van der Waals surface area contributed by atoms with Crippen molar-refractivity contribution in [3.05, 3.63) is 30.1 Å². The third kappa shape index (κ3) is 4.00. The lowest BCUT2D eigenvalue weighted by Crippen LogP contribution is -2.37. The largest absolute Gasteiger partial charge is 0.372 e. The highest BCUT2D eigenvalue weighted by Crippen LogP contribution is 2.42. The van der Waals surface area contributed by atoms with Crippen LogP contribution < -0.4 is 0 Å². The van der Waals surface area contributed by atoms with E-state index in [0.717, 1.165) is 44.3 Å². The fourth-order valence-electron chi connectivity index (χ4n) is 3.94. The van der Waals surface area contributed by atoms with Gasteiger partial charge in [0.05, 0.1) is 5.41 Å². The Kier molecular flexibility index (Phi) is 5.68. The van der Waals surface area contributed by atoms with E-state index in [-0.39, 0.29) is 23.8 Å². The first-order valence-electron chi connectivity index (χ1n) is 9.18. The highest BCUT2D eigenvalue weighted by atomic mass is 16.5. The maximum atomic E-state index is 13.1. The summed E-state index contributed by atoms with van der Waals surface area (Å²) in [4.78, 5) is 33.2. The van der Waals surface area contributed by atoms with Gasteiger partial charge in [-0.25, -0.2) is 0 Å². The van der Waals surface area contributed by atoms with Gasteiger partial charge in [0, 0.05) is 45.2 Å². The maximum absolute atomic E-state index is 13.1. The van der Waals surface area contributed by atoms with Crippen LogP contribution in [0.15, 0.2) is 24.5 Å². The van der Waals surface area contributed by atoms with Crippen molar-refractivity contribution in [3.63, 3.8) is 0 Å². The van der Waals surface area contributed by atoms with Crippen LogP contribution in [0.25, 0.3) is 0 Å². The number of carbonyl (C=O) groups is 2. The first-order chi connectivity index (χ1) is 12.1. The molecule has 3 rings (SSSR count). The lowest BCUT2D eigenvalue weighted by Gasteiger charge is -2.26. The summed E-state index contributed by atoms with van der Waals surface area (Å²) in [5, 5.41) is 0. The zero-order valence-electron chi connectivity index (χ0n) is 14.9. The van der Waals surface area contributed by atoms with Gasteiger partial charge in [-0.15, -0.1) is 0 Å². The van der Waals surface area contributed by atoms with Crippen LogP contribution in [0.1, 0.15) is 38.2 Å². The van der Waals surface area contributed by atoms with Crippen molar-refractivity contribution >= 4 is 11.8 Å². The summed E-state index contributed by atoms with van der Waals surface area (Å²) in [6.07, 6.45) is 6.96. The summed E-state index contributed by atoms with van der Waals surface area (Å²) < 4.78 is 5.24. The molecule has 2 aliphatic heterocycles. The molecule has 25 heavy (non-hydrogen) atoms. The number of likely N-dealkylation sites (tertiary alicyclic amines) is 2. The zero-order chi connectivity index (χ0) is 17.7. The summed E-state index contributed by atoms with van der Waals surface area (Å²) in [5.41, 5.74) is 0.776. The monoisotopic (exact) mass is 345 g/mol. The minimum absolute atomic E-state index is 0.0385. The number of aromatic nitrogens is 1. The van der Waals surface area contributed by atoms with Crippen molar-refractivity contribution in [3.8, 4) is 0 Å². The van der Waals surface area contributed by atoms with E-state index in [9.17, 15) is 9.59 Å². The SMILES string of the molecule is CCOCC(=O)N1CCC[C@]2(CC1)CCN(Cc1cccnc1)C2=O. The number of amides is 2. The third-order valence-corrected chi connectivity index (χ3v) is 5.42. The van der Waals surface area contributed by atoms with Gasteiger partial charge in [-0.3, -0.25) is 14.6 Å². The molecule has 6 heteroatoms. The highest BCUT2D eigenvalue weighted by Gasteiger charge is 2.47. The molecule has 0 unspecified atom stereocenters. The van der Waals surface area contributed by atoms with Crippen LogP contribution in [0.3, 0.4) is 0 Å². The summed E-state index contributed by atoms with van der Waals surface area (Å²) >= 11 is 0. The van der Waals surface area contributed by atoms with E-state index in [4.69, 9.17) is 4.74 Å². The molecule has 0 N–H and O–H groups in total. The summed E-state index contributed by atoms with van der Waals surface area (Å²) in [5.74, 6) is 0.284. The molecule has 2 amide bonds. The Balaban J connectivity index is 1.61. The molecular weight excluding hydrogens is 318 g/mol. The number of ether oxygens (including phenoxy) is 1. The standard InChI is InChI=1S/C19H27N3O3/c1-2-25-15-17(23)21-10-4-6-19(7-11-21)8-12-22(18(19)24)14-16-5-3-9-20-13-16/h3,5,9,13H,2,4,6-8,10-12,14-15H2,1H3/t19-/m0/s1.